The molecule has 10 heteroatoms. The van der Waals surface area contributed by atoms with Gasteiger partial charge in [0, 0.05) is 29.2 Å². The van der Waals surface area contributed by atoms with E-state index < -0.39 is 28.5 Å². The van der Waals surface area contributed by atoms with Crippen molar-refractivity contribution in [2.45, 2.75) is 52.1 Å². The molecule has 0 fully saturated rings. The van der Waals surface area contributed by atoms with Crippen molar-refractivity contribution in [3.8, 4) is 0 Å². The van der Waals surface area contributed by atoms with Gasteiger partial charge in [-0.3, -0.25) is 13.9 Å². The molecule has 1 N–H and O–H groups in total. The van der Waals surface area contributed by atoms with Gasteiger partial charge in [-0.25, -0.2) is 8.42 Å². The van der Waals surface area contributed by atoms with Gasteiger partial charge in [0.05, 0.1) is 11.9 Å². The Morgan fingerprint density at radius 1 is 1.03 bits per heavy atom. The highest BCUT2D eigenvalue weighted by Gasteiger charge is 2.32. The van der Waals surface area contributed by atoms with Crippen LogP contribution in [0.3, 0.4) is 0 Å². The van der Waals surface area contributed by atoms with Crippen LogP contribution in [-0.2, 0) is 31.6 Å². The van der Waals surface area contributed by atoms with Crippen LogP contribution in [-0.4, -0.2) is 51.0 Å². The van der Waals surface area contributed by atoms with Crippen molar-refractivity contribution < 1.29 is 18.0 Å². The molecule has 7 nitrogen and oxygen atoms in total. The zero-order valence-electron chi connectivity index (χ0n) is 20.9. The first-order chi connectivity index (χ1) is 16.2. The van der Waals surface area contributed by atoms with E-state index in [0.29, 0.717) is 27.7 Å². The van der Waals surface area contributed by atoms with E-state index in [2.05, 4.69) is 26.1 Å². The summed E-state index contributed by atoms with van der Waals surface area (Å²) in [6, 6.07) is 11.2. The Hall–Kier alpha value is -2.29. The van der Waals surface area contributed by atoms with E-state index in [9.17, 15) is 18.0 Å². The van der Waals surface area contributed by atoms with Crippen molar-refractivity contribution in [2.24, 2.45) is 0 Å². The first-order valence-corrected chi connectivity index (χ1v) is 13.8. The predicted octanol–water partition coefficient (Wildman–Crippen LogP) is 4.61. The zero-order chi connectivity index (χ0) is 26.6. The molecule has 2 aromatic rings. The number of anilines is 1. The highest BCUT2D eigenvalue weighted by atomic mass is 35.5. The van der Waals surface area contributed by atoms with Gasteiger partial charge in [-0.05, 0) is 41.7 Å². The Balaban J connectivity index is 2.48. The third kappa shape index (κ3) is 7.35. The molecule has 2 amide bonds. The normalized spacial score (nSPS) is 12.7. The Morgan fingerprint density at radius 3 is 2.00 bits per heavy atom. The van der Waals surface area contributed by atoms with Crippen LogP contribution in [0.1, 0.15) is 45.2 Å². The van der Waals surface area contributed by atoms with Crippen molar-refractivity contribution >= 4 is 50.7 Å². The summed E-state index contributed by atoms with van der Waals surface area (Å²) in [5.41, 5.74) is 1.75. The van der Waals surface area contributed by atoms with Crippen LogP contribution >= 0.6 is 23.2 Å². The van der Waals surface area contributed by atoms with E-state index in [1.54, 1.807) is 37.3 Å². The maximum absolute atomic E-state index is 13.6. The highest BCUT2D eigenvalue weighted by Crippen LogP contribution is 2.29. The minimum atomic E-state index is -3.81. The molecular formula is C25H33Cl2N3O4S. The molecule has 0 aliphatic heterocycles. The summed E-state index contributed by atoms with van der Waals surface area (Å²) in [4.78, 5) is 27.6. The van der Waals surface area contributed by atoms with Gasteiger partial charge in [0.25, 0.3) is 0 Å². The van der Waals surface area contributed by atoms with Gasteiger partial charge in [-0.15, -0.1) is 0 Å². The topological polar surface area (TPSA) is 86.8 Å². The second kappa shape index (κ2) is 11.6. The van der Waals surface area contributed by atoms with E-state index in [0.717, 1.165) is 16.1 Å². The minimum Gasteiger partial charge on any atom is -0.357 e. The largest absolute Gasteiger partial charge is 0.357 e. The number of hydrogen-bond donors (Lipinski definition) is 1. The molecule has 0 aromatic heterocycles. The summed E-state index contributed by atoms with van der Waals surface area (Å²) in [7, 11) is -2.33. The third-order valence-corrected chi connectivity index (χ3v) is 7.57. The van der Waals surface area contributed by atoms with Gasteiger partial charge in [-0.2, -0.15) is 0 Å². The molecule has 35 heavy (non-hydrogen) atoms. The van der Waals surface area contributed by atoms with E-state index in [4.69, 9.17) is 23.2 Å². The lowest BCUT2D eigenvalue weighted by molar-refractivity contribution is -0.140. The number of hydrogen-bond acceptors (Lipinski definition) is 4. The molecule has 0 unspecified atom stereocenters. The molecule has 192 valence electrons. The standard InChI is InChI=1S/C25H33Cl2N3O4S/c1-7-22(24(32)28-5)29(15-19-20(26)9-8-10-21(19)27)23(31)16-30(35(6,33)34)18-13-11-17(12-14-18)25(2,3)4/h8-14,22H,7,15-16H2,1-6H3,(H,28,32)/t22-/m1/s1. The van der Waals surface area contributed by atoms with Gasteiger partial charge in [0.15, 0.2) is 0 Å². The smallest absolute Gasteiger partial charge is 0.244 e. The number of rotatable bonds is 9. The number of carbonyl (C=O) groups is 2. The molecule has 0 aliphatic carbocycles. The molecule has 0 bridgehead atoms. The van der Waals surface area contributed by atoms with E-state index in [1.807, 2.05) is 12.1 Å². The first-order valence-electron chi connectivity index (χ1n) is 11.2. The number of nitrogens with zero attached hydrogens (tertiary/aromatic N) is 2. The summed E-state index contributed by atoms with van der Waals surface area (Å²) in [6.45, 7) is 7.41. The summed E-state index contributed by atoms with van der Waals surface area (Å²) < 4.78 is 26.4. The monoisotopic (exact) mass is 541 g/mol. The molecule has 2 aromatic carbocycles. The minimum absolute atomic E-state index is 0.0518. The fourth-order valence-corrected chi connectivity index (χ4v) is 5.05. The molecule has 0 aliphatic rings. The van der Waals surface area contributed by atoms with Crippen molar-refractivity contribution in [1.82, 2.24) is 10.2 Å². The first kappa shape index (κ1) is 28.9. The van der Waals surface area contributed by atoms with Crippen LogP contribution in [0.2, 0.25) is 10.0 Å². The second-order valence-electron chi connectivity index (χ2n) is 9.33. The van der Waals surface area contributed by atoms with Crippen molar-refractivity contribution in [3.63, 3.8) is 0 Å². The second-order valence-corrected chi connectivity index (χ2v) is 12.0. The number of nitrogens with one attached hydrogen (secondary N) is 1. The Kier molecular flexibility index (Phi) is 9.62. The molecule has 2 rings (SSSR count). The number of likely N-dealkylation sites (N-methyl/N-ethyl adjacent to an activating group) is 1. The number of amides is 2. The molecule has 0 radical (unpaired) electrons. The molecule has 0 saturated heterocycles. The Morgan fingerprint density at radius 2 is 1.57 bits per heavy atom. The molecule has 0 saturated carbocycles. The average Bonchev–Trinajstić information content (AvgIpc) is 2.77. The van der Waals surface area contributed by atoms with E-state index in [1.165, 1.54) is 11.9 Å². The lowest BCUT2D eigenvalue weighted by Crippen LogP contribution is -2.51. The number of halogens is 2. The summed E-state index contributed by atoms with van der Waals surface area (Å²) in [6.07, 6.45) is 1.36. The van der Waals surface area contributed by atoms with Crippen molar-refractivity contribution in [2.75, 3.05) is 24.2 Å². The van der Waals surface area contributed by atoms with Crippen LogP contribution in [0.25, 0.3) is 0 Å². The van der Waals surface area contributed by atoms with Crippen molar-refractivity contribution in [1.29, 1.82) is 0 Å². The quantitative estimate of drug-likeness (QED) is 0.502. The number of carbonyl (C=O) groups excluding carboxylic acids is 2. The summed E-state index contributed by atoms with van der Waals surface area (Å²) in [5, 5.41) is 3.27. The van der Waals surface area contributed by atoms with Crippen LogP contribution in [0, 0.1) is 0 Å². The number of benzene rings is 2. The SMILES string of the molecule is CC[C@H](C(=O)NC)N(Cc1c(Cl)cccc1Cl)C(=O)CN(c1ccc(C(C)(C)C)cc1)S(C)(=O)=O. The van der Waals surface area contributed by atoms with Crippen LogP contribution in [0.4, 0.5) is 5.69 Å². The maximum atomic E-state index is 13.6. The maximum Gasteiger partial charge on any atom is 0.244 e. The molecule has 1 atom stereocenters. The van der Waals surface area contributed by atoms with Gasteiger partial charge in [0.1, 0.15) is 12.6 Å². The predicted molar refractivity (Wildman–Crippen MR) is 142 cm³/mol. The number of sulfonamides is 1. The lowest BCUT2D eigenvalue weighted by Gasteiger charge is -2.33. The van der Waals surface area contributed by atoms with Gasteiger partial charge in [0.2, 0.25) is 21.8 Å². The summed E-state index contributed by atoms with van der Waals surface area (Å²) >= 11 is 12.7. The van der Waals surface area contributed by atoms with Gasteiger partial charge in [-0.1, -0.05) is 69.1 Å². The van der Waals surface area contributed by atoms with Gasteiger partial charge < -0.3 is 10.2 Å². The fraction of sp³-hybridized carbons (Fsp3) is 0.440. The van der Waals surface area contributed by atoms with E-state index >= 15 is 0 Å². The average molecular weight is 543 g/mol. The lowest BCUT2D eigenvalue weighted by atomic mass is 9.87. The zero-order valence-corrected chi connectivity index (χ0v) is 23.3. The highest BCUT2D eigenvalue weighted by molar-refractivity contribution is 7.92. The molecule has 0 heterocycles. The molecule has 0 spiro atoms. The van der Waals surface area contributed by atoms with Crippen LogP contribution in [0.15, 0.2) is 42.5 Å². The molecular weight excluding hydrogens is 509 g/mol. The summed E-state index contributed by atoms with van der Waals surface area (Å²) in [5.74, 6) is -0.925. The third-order valence-electron chi connectivity index (χ3n) is 5.72. The van der Waals surface area contributed by atoms with Gasteiger partial charge >= 0.3 is 0 Å². The van der Waals surface area contributed by atoms with Crippen molar-refractivity contribution in [3.05, 3.63) is 63.6 Å². The Labute approximate surface area is 218 Å². The van der Waals surface area contributed by atoms with Crippen LogP contribution < -0.4 is 9.62 Å². The Bertz CT molecular complexity index is 1140. The van der Waals surface area contributed by atoms with Crippen LogP contribution in [0.5, 0.6) is 0 Å². The fourth-order valence-electron chi connectivity index (χ4n) is 3.68. The van der Waals surface area contributed by atoms with E-state index in [-0.39, 0.29) is 17.9 Å².